The molecule has 1 aromatic rings. The van der Waals surface area contributed by atoms with Gasteiger partial charge in [0, 0.05) is 5.69 Å². The van der Waals surface area contributed by atoms with Crippen LogP contribution >= 0.6 is 0 Å². The van der Waals surface area contributed by atoms with E-state index in [9.17, 15) is 9.18 Å². The number of carbonyl (C=O) groups is 1. The Labute approximate surface area is 70.2 Å². The van der Waals surface area contributed by atoms with Crippen molar-refractivity contribution in [1.29, 1.82) is 0 Å². The molecule has 12 heavy (non-hydrogen) atoms. The zero-order chi connectivity index (χ0) is 9.30. The van der Waals surface area contributed by atoms with Gasteiger partial charge in [0.05, 0.1) is 5.56 Å². The number of rotatable bonds is 1. The molecule has 0 aromatic heterocycles. The minimum Gasteiger partial charge on any atom is -0.399 e. The summed E-state index contributed by atoms with van der Waals surface area (Å²) < 4.78 is 13.2. The molecule has 0 amide bonds. The molecular formula is C9H10FNO. The van der Waals surface area contributed by atoms with Crippen LogP contribution in [0.5, 0.6) is 0 Å². The Balaban J connectivity index is 3.37. The predicted molar refractivity (Wildman–Crippen MR) is 45.6 cm³/mol. The fourth-order valence-electron chi connectivity index (χ4n) is 1.05. The minimum absolute atomic E-state index is 0.0625. The molecule has 2 N–H and O–H groups in total. The van der Waals surface area contributed by atoms with Gasteiger partial charge in [0.15, 0.2) is 5.78 Å². The highest BCUT2D eigenvalue weighted by molar-refractivity contribution is 5.95. The van der Waals surface area contributed by atoms with E-state index in [1.54, 1.807) is 6.92 Å². The number of Topliss-reactive ketones (excluding diaryl/α,β-unsaturated/α-hetero) is 1. The summed E-state index contributed by atoms with van der Waals surface area (Å²) in [4.78, 5) is 10.9. The Morgan fingerprint density at radius 1 is 1.50 bits per heavy atom. The molecule has 0 aliphatic carbocycles. The Bertz CT molecular complexity index is 334. The Morgan fingerprint density at radius 3 is 2.58 bits per heavy atom. The maximum atomic E-state index is 13.2. The van der Waals surface area contributed by atoms with E-state index in [-0.39, 0.29) is 11.3 Å². The van der Waals surface area contributed by atoms with Crippen LogP contribution in [-0.2, 0) is 0 Å². The summed E-state index contributed by atoms with van der Waals surface area (Å²) in [5.41, 5.74) is 6.33. The number of nitrogen functional groups attached to an aromatic ring is 1. The second kappa shape index (κ2) is 2.93. The van der Waals surface area contributed by atoms with Gasteiger partial charge in [-0.1, -0.05) is 0 Å². The van der Waals surface area contributed by atoms with Crippen LogP contribution in [0.3, 0.4) is 0 Å². The molecule has 0 saturated heterocycles. The maximum Gasteiger partial charge on any atom is 0.162 e. The molecule has 0 spiro atoms. The van der Waals surface area contributed by atoms with Crippen LogP contribution in [0.1, 0.15) is 22.8 Å². The summed E-state index contributed by atoms with van der Waals surface area (Å²) >= 11 is 0. The summed E-state index contributed by atoms with van der Waals surface area (Å²) in [7, 11) is 0. The molecule has 0 bridgehead atoms. The van der Waals surface area contributed by atoms with Crippen molar-refractivity contribution in [3.8, 4) is 0 Å². The molecule has 0 radical (unpaired) electrons. The van der Waals surface area contributed by atoms with E-state index in [1.165, 1.54) is 19.1 Å². The van der Waals surface area contributed by atoms with E-state index >= 15 is 0 Å². The van der Waals surface area contributed by atoms with Crippen LogP contribution in [0.15, 0.2) is 12.1 Å². The van der Waals surface area contributed by atoms with Gasteiger partial charge in [-0.15, -0.1) is 0 Å². The highest BCUT2D eigenvalue weighted by Crippen LogP contribution is 2.17. The molecule has 0 atom stereocenters. The molecule has 0 heterocycles. The molecule has 64 valence electrons. The van der Waals surface area contributed by atoms with E-state index in [0.29, 0.717) is 11.3 Å². The third-order valence-corrected chi connectivity index (χ3v) is 1.66. The highest BCUT2D eigenvalue weighted by Gasteiger charge is 2.09. The van der Waals surface area contributed by atoms with Gasteiger partial charge in [0.2, 0.25) is 0 Å². The summed E-state index contributed by atoms with van der Waals surface area (Å²) in [6.45, 7) is 2.90. The van der Waals surface area contributed by atoms with Gasteiger partial charge in [0.25, 0.3) is 0 Å². The van der Waals surface area contributed by atoms with Crippen LogP contribution in [-0.4, -0.2) is 5.78 Å². The van der Waals surface area contributed by atoms with Crippen molar-refractivity contribution in [2.45, 2.75) is 13.8 Å². The molecule has 0 saturated carbocycles. The Morgan fingerprint density at radius 2 is 2.08 bits per heavy atom. The van der Waals surface area contributed by atoms with Crippen molar-refractivity contribution in [2.75, 3.05) is 5.73 Å². The predicted octanol–water partition coefficient (Wildman–Crippen LogP) is 1.92. The van der Waals surface area contributed by atoms with Crippen LogP contribution in [0.2, 0.25) is 0 Å². The number of carbonyl (C=O) groups excluding carboxylic acids is 1. The van der Waals surface area contributed by atoms with E-state index in [2.05, 4.69) is 0 Å². The lowest BCUT2D eigenvalue weighted by atomic mass is 10.1. The number of hydrogen-bond acceptors (Lipinski definition) is 2. The van der Waals surface area contributed by atoms with Gasteiger partial charge in [0.1, 0.15) is 5.82 Å². The molecular weight excluding hydrogens is 157 g/mol. The van der Waals surface area contributed by atoms with Crippen LogP contribution in [0.4, 0.5) is 10.1 Å². The first-order valence-corrected chi connectivity index (χ1v) is 3.59. The first-order valence-electron chi connectivity index (χ1n) is 3.59. The number of ketones is 1. The lowest BCUT2D eigenvalue weighted by Crippen LogP contribution is -2.01. The third-order valence-electron chi connectivity index (χ3n) is 1.66. The first kappa shape index (κ1) is 8.71. The molecule has 0 unspecified atom stereocenters. The standard InChI is InChI=1S/C9H10FNO/c1-5-3-7(11)4-8(6(2)12)9(5)10/h3-4H,11H2,1-2H3. The van der Waals surface area contributed by atoms with E-state index in [1.807, 2.05) is 0 Å². The van der Waals surface area contributed by atoms with Gasteiger partial charge in [-0.25, -0.2) is 4.39 Å². The zero-order valence-corrected chi connectivity index (χ0v) is 7.02. The topological polar surface area (TPSA) is 43.1 Å². The fraction of sp³-hybridized carbons (Fsp3) is 0.222. The van der Waals surface area contributed by atoms with Crippen LogP contribution in [0, 0.1) is 12.7 Å². The summed E-state index contributed by atoms with van der Waals surface area (Å²) in [6, 6.07) is 2.85. The van der Waals surface area contributed by atoms with Gasteiger partial charge < -0.3 is 5.73 Å². The summed E-state index contributed by atoms with van der Waals surface area (Å²) in [5.74, 6) is -0.778. The average molecular weight is 167 g/mol. The van der Waals surface area contributed by atoms with Gasteiger partial charge >= 0.3 is 0 Å². The number of nitrogens with two attached hydrogens (primary N) is 1. The second-order valence-electron chi connectivity index (χ2n) is 2.76. The number of aryl methyl sites for hydroxylation is 1. The highest BCUT2D eigenvalue weighted by atomic mass is 19.1. The average Bonchev–Trinajstić information content (AvgIpc) is 1.96. The quantitative estimate of drug-likeness (QED) is 0.513. The summed E-state index contributed by atoms with van der Waals surface area (Å²) in [5, 5.41) is 0. The zero-order valence-electron chi connectivity index (χ0n) is 7.02. The van der Waals surface area contributed by atoms with E-state index < -0.39 is 5.82 Å². The monoisotopic (exact) mass is 167 g/mol. The molecule has 1 aromatic carbocycles. The summed E-state index contributed by atoms with van der Waals surface area (Å²) in [6.07, 6.45) is 0. The number of anilines is 1. The Kier molecular flexibility index (Phi) is 2.13. The first-order chi connectivity index (χ1) is 5.52. The smallest absolute Gasteiger partial charge is 0.162 e. The van der Waals surface area contributed by atoms with E-state index in [0.717, 1.165) is 0 Å². The maximum absolute atomic E-state index is 13.2. The SMILES string of the molecule is CC(=O)c1cc(N)cc(C)c1F. The number of benzene rings is 1. The fourth-order valence-corrected chi connectivity index (χ4v) is 1.05. The van der Waals surface area contributed by atoms with Crippen LogP contribution < -0.4 is 5.73 Å². The molecule has 1 rings (SSSR count). The lowest BCUT2D eigenvalue weighted by Gasteiger charge is -2.03. The van der Waals surface area contributed by atoms with Crippen LogP contribution in [0.25, 0.3) is 0 Å². The van der Waals surface area contributed by atoms with Gasteiger partial charge in [-0.3, -0.25) is 4.79 Å². The van der Waals surface area contributed by atoms with Crippen molar-refractivity contribution < 1.29 is 9.18 Å². The third kappa shape index (κ3) is 1.44. The molecule has 0 aliphatic heterocycles. The molecule has 3 heteroatoms. The molecule has 2 nitrogen and oxygen atoms in total. The number of hydrogen-bond donors (Lipinski definition) is 1. The van der Waals surface area contributed by atoms with Crippen molar-refractivity contribution in [3.63, 3.8) is 0 Å². The van der Waals surface area contributed by atoms with Gasteiger partial charge in [-0.2, -0.15) is 0 Å². The van der Waals surface area contributed by atoms with Crippen molar-refractivity contribution in [1.82, 2.24) is 0 Å². The largest absolute Gasteiger partial charge is 0.399 e. The van der Waals surface area contributed by atoms with Crippen molar-refractivity contribution in [2.24, 2.45) is 0 Å². The second-order valence-corrected chi connectivity index (χ2v) is 2.76. The Hall–Kier alpha value is -1.38. The molecule has 0 fully saturated rings. The molecule has 0 aliphatic rings. The van der Waals surface area contributed by atoms with Gasteiger partial charge in [-0.05, 0) is 31.5 Å². The lowest BCUT2D eigenvalue weighted by molar-refractivity contribution is 0.101. The van der Waals surface area contributed by atoms with Crippen molar-refractivity contribution >= 4 is 11.5 Å². The minimum atomic E-state index is -0.475. The van der Waals surface area contributed by atoms with Crippen molar-refractivity contribution in [3.05, 3.63) is 29.1 Å². The number of halogens is 1. The normalized spacial score (nSPS) is 9.92. The van der Waals surface area contributed by atoms with E-state index in [4.69, 9.17) is 5.73 Å².